The van der Waals surface area contributed by atoms with Crippen molar-refractivity contribution in [3.8, 4) is 0 Å². The molecule has 0 aliphatic rings. The van der Waals surface area contributed by atoms with Crippen LogP contribution in [0.4, 0.5) is 4.79 Å². The van der Waals surface area contributed by atoms with Crippen molar-refractivity contribution in [2.24, 2.45) is 11.8 Å². The molecule has 1 rings (SSSR count). The van der Waals surface area contributed by atoms with Gasteiger partial charge in [-0.25, -0.2) is 4.79 Å². The molecule has 7 heteroatoms. The van der Waals surface area contributed by atoms with Crippen LogP contribution in [0.2, 0.25) is 0 Å². The van der Waals surface area contributed by atoms with Crippen molar-refractivity contribution in [1.29, 1.82) is 0 Å². The Morgan fingerprint density at radius 1 is 0.943 bits per heavy atom. The predicted octanol–water partition coefficient (Wildman–Crippen LogP) is 4.71. The molecular weight excluding hydrogens is 442 g/mol. The number of carbonyl (C=O) groups excluding carboxylic acids is 1. The van der Waals surface area contributed by atoms with E-state index < -0.39 is 17.9 Å². The van der Waals surface area contributed by atoms with E-state index in [1.165, 1.54) is 5.56 Å². The van der Waals surface area contributed by atoms with Gasteiger partial charge in [0.2, 0.25) is 0 Å². The van der Waals surface area contributed by atoms with E-state index >= 15 is 0 Å². The molecule has 200 valence electrons. The molecule has 0 aliphatic carbocycles. The number of amides is 2. The van der Waals surface area contributed by atoms with Crippen LogP contribution in [0, 0.1) is 11.8 Å². The summed E-state index contributed by atoms with van der Waals surface area (Å²) in [6.45, 7) is 6.77. The Morgan fingerprint density at radius 3 is 2.17 bits per heavy atom. The van der Waals surface area contributed by atoms with E-state index in [1.807, 2.05) is 41.1 Å². The first kappa shape index (κ1) is 30.9. The Bertz CT molecular complexity index is 704. The fraction of sp³-hybridized carbons (Fsp3) is 0.714. The minimum Gasteiger partial charge on any atom is -0.481 e. The maximum Gasteiger partial charge on any atom is 0.315 e. The maximum atomic E-state index is 12.5. The third-order valence-corrected chi connectivity index (χ3v) is 5.94. The van der Waals surface area contributed by atoms with Crippen LogP contribution in [0.1, 0.15) is 64.4 Å². The van der Waals surface area contributed by atoms with E-state index in [-0.39, 0.29) is 11.9 Å². The number of quaternary nitrogens is 1. The number of carboxylic acids is 1. The topological polar surface area (TPSA) is 87.7 Å². The summed E-state index contributed by atoms with van der Waals surface area (Å²) in [5.74, 6) is -1.21. The standard InChI is InChI=1S/C28H49N3O4/c1-23(2)21-25(27(32)33)26(22-31(3,4)5)30-28(34)29-18-12-6-7-13-19-35-20-14-11-17-24-15-9-8-10-16-24/h8-10,15-16,23,25-26H,6-7,11-14,17-22H2,1-5H3,(H2-,29,30,32,33,34)/p+1/t25-,26?/m1/s1. The van der Waals surface area contributed by atoms with Gasteiger partial charge in [0, 0.05) is 19.8 Å². The lowest BCUT2D eigenvalue weighted by atomic mass is 9.89. The van der Waals surface area contributed by atoms with E-state index in [9.17, 15) is 14.7 Å². The van der Waals surface area contributed by atoms with Crippen LogP contribution < -0.4 is 10.6 Å². The summed E-state index contributed by atoms with van der Waals surface area (Å²) in [4.78, 5) is 24.3. The second kappa shape index (κ2) is 17.3. The molecule has 35 heavy (non-hydrogen) atoms. The van der Waals surface area contributed by atoms with Gasteiger partial charge in [-0.05, 0) is 50.0 Å². The minimum atomic E-state index is -0.851. The molecule has 0 aromatic heterocycles. The third kappa shape index (κ3) is 16.2. The Morgan fingerprint density at radius 2 is 1.57 bits per heavy atom. The van der Waals surface area contributed by atoms with Crippen LogP contribution in [-0.2, 0) is 16.0 Å². The Kier molecular flexibility index (Phi) is 15.3. The number of ether oxygens (including phenoxy) is 1. The summed E-state index contributed by atoms with van der Waals surface area (Å²) in [5.41, 5.74) is 1.39. The quantitative estimate of drug-likeness (QED) is 0.193. The van der Waals surface area contributed by atoms with Crippen LogP contribution in [0.5, 0.6) is 0 Å². The normalized spacial score (nSPS) is 13.4. The van der Waals surface area contributed by atoms with Gasteiger partial charge in [-0.2, -0.15) is 0 Å². The number of unbranched alkanes of at least 4 members (excludes halogenated alkanes) is 4. The first-order chi connectivity index (χ1) is 16.6. The van der Waals surface area contributed by atoms with Crippen molar-refractivity contribution < 1.29 is 23.9 Å². The molecule has 2 amide bonds. The predicted molar refractivity (Wildman–Crippen MR) is 142 cm³/mol. The summed E-state index contributed by atoms with van der Waals surface area (Å²) in [6, 6.07) is 9.85. The van der Waals surface area contributed by atoms with Crippen LogP contribution >= 0.6 is 0 Å². The zero-order valence-electron chi connectivity index (χ0n) is 22.7. The average molecular weight is 493 g/mol. The number of likely N-dealkylation sites (N-methyl/N-ethyl adjacent to an activating group) is 1. The monoisotopic (exact) mass is 492 g/mol. The van der Waals surface area contributed by atoms with Gasteiger partial charge >= 0.3 is 12.0 Å². The summed E-state index contributed by atoms with van der Waals surface area (Å²) >= 11 is 0. The van der Waals surface area contributed by atoms with Crippen LogP contribution in [-0.4, -0.2) is 75.1 Å². The number of hydrogen-bond acceptors (Lipinski definition) is 3. The minimum absolute atomic E-state index is 0.245. The second-order valence-electron chi connectivity index (χ2n) is 11.0. The highest BCUT2D eigenvalue weighted by molar-refractivity contribution is 5.76. The molecule has 0 aliphatic heterocycles. The molecule has 1 unspecified atom stereocenters. The highest BCUT2D eigenvalue weighted by atomic mass is 16.5. The smallest absolute Gasteiger partial charge is 0.315 e. The van der Waals surface area contributed by atoms with Crippen LogP contribution in [0.25, 0.3) is 0 Å². The Hall–Kier alpha value is -2.12. The van der Waals surface area contributed by atoms with Gasteiger partial charge in [0.1, 0.15) is 0 Å². The Balaban J connectivity index is 2.15. The number of carboxylic acid groups (broad SMARTS) is 1. The summed E-state index contributed by atoms with van der Waals surface area (Å²) < 4.78 is 6.32. The van der Waals surface area contributed by atoms with Crippen molar-refractivity contribution in [3.63, 3.8) is 0 Å². The van der Waals surface area contributed by atoms with Gasteiger partial charge in [0.25, 0.3) is 0 Å². The van der Waals surface area contributed by atoms with Gasteiger partial charge in [-0.15, -0.1) is 0 Å². The maximum absolute atomic E-state index is 12.5. The van der Waals surface area contributed by atoms with E-state index in [4.69, 9.17) is 4.74 Å². The highest BCUT2D eigenvalue weighted by Gasteiger charge is 2.34. The molecule has 0 radical (unpaired) electrons. The van der Waals surface area contributed by atoms with Crippen molar-refractivity contribution in [1.82, 2.24) is 10.6 Å². The van der Waals surface area contributed by atoms with E-state index in [0.717, 1.165) is 58.2 Å². The number of hydrogen-bond donors (Lipinski definition) is 3. The molecule has 0 spiro atoms. The highest BCUT2D eigenvalue weighted by Crippen LogP contribution is 2.18. The lowest BCUT2D eigenvalue weighted by Gasteiger charge is -2.33. The zero-order chi connectivity index (χ0) is 26.1. The van der Waals surface area contributed by atoms with Gasteiger partial charge in [0.05, 0.1) is 39.6 Å². The number of aryl methyl sites for hydroxylation is 1. The van der Waals surface area contributed by atoms with Crippen molar-refractivity contribution >= 4 is 12.0 Å². The van der Waals surface area contributed by atoms with E-state index in [1.54, 1.807) is 0 Å². The number of urea groups is 1. The molecular formula is C28H50N3O4+. The number of rotatable bonds is 19. The summed E-state index contributed by atoms with van der Waals surface area (Å²) in [6.07, 6.45) is 7.93. The molecule has 7 nitrogen and oxygen atoms in total. The molecule has 0 saturated heterocycles. The number of nitrogens with zero attached hydrogens (tertiary/aromatic N) is 1. The number of carbonyl (C=O) groups is 2. The van der Waals surface area contributed by atoms with Gasteiger partial charge in [0.15, 0.2) is 0 Å². The SMILES string of the molecule is CC(C)C[C@@H](C(=O)O)C(C[N+](C)(C)C)NC(=O)NCCCCCCOCCCCc1ccccc1. The van der Waals surface area contributed by atoms with Gasteiger partial charge in [-0.3, -0.25) is 4.79 Å². The fourth-order valence-electron chi connectivity index (χ4n) is 4.19. The van der Waals surface area contributed by atoms with E-state index in [2.05, 4.69) is 34.9 Å². The van der Waals surface area contributed by atoms with Crippen LogP contribution in [0.15, 0.2) is 30.3 Å². The molecule has 0 heterocycles. The van der Waals surface area contributed by atoms with Gasteiger partial charge in [-0.1, -0.05) is 57.0 Å². The number of benzene rings is 1. The second-order valence-corrected chi connectivity index (χ2v) is 11.0. The molecule has 2 atom stereocenters. The van der Waals surface area contributed by atoms with Gasteiger partial charge < -0.3 is 25.0 Å². The first-order valence-electron chi connectivity index (χ1n) is 13.3. The third-order valence-electron chi connectivity index (χ3n) is 5.94. The van der Waals surface area contributed by atoms with Crippen molar-refractivity contribution in [2.75, 3.05) is 47.4 Å². The number of nitrogens with one attached hydrogen (secondary N) is 2. The first-order valence-corrected chi connectivity index (χ1v) is 13.3. The number of aliphatic carboxylic acids is 1. The lowest BCUT2D eigenvalue weighted by Crippen LogP contribution is -2.56. The molecule has 1 aromatic carbocycles. The van der Waals surface area contributed by atoms with Crippen LogP contribution in [0.3, 0.4) is 0 Å². The lowest BCUT2D eigenvalue weighted by molar-refractivity contribution is -0.871. The summed E-state index contributed by atoms with van der Waals surface area (Å²) in [5, 5.41) is 15.6. The summed E-state index contributed by atoms with van der Waals surface area (Å²) in [7, 11) is 6.03. The largest absolute Gasteiger partial charge is 0.481 e. The zero-order valence-corrected chi connectivity index (χ0v) is 22.7. The van der Waals surface area contributed by atoms with Crippen molar-refractivity contribution in [3.05, 3.63) is 35.9 Å². The Labute approximate surface area is 213 Å². The molecule has 0 fully saturated rings. The molecule has 0 bridgehead atoms. The fourth-order valence-corrected chi connectivity index (χ4v) is 4.19. The average Bonchev–Trinajstić information content (AvgIpc) is 2.77. The molecule has 1 aromatic rings. The van der Waals surface area contributed by atoms with E-state index in [0.29, 0.717) is 24.0 Å². The van der Waals surface area contributed by atoms with Crippen molar-refractivity contribution in [2.45, 2.75) is 71.3 Å². The molecule has 0 saturated carbocycles. The molecule has 3 N–H and O–H groups in total.